The Morgan fingerprint density at radius 1 is 1.35 bits per heavy atom. The Labute approximate surface area is 138 Å². The second kappa shape index (κ2) is 5.90. The van der Waals surface area contributed by atoms with Gasteiger partial charge in [0.05, 0.1) is 5.39 Å². The molecule has 0 spiro atoms. The van der Waals surface area contributed by atoms with Crippen LogP contribution in [0.5, 0.6) is 0 Å². The molecular formula is C16H20N6S. The Morgan fingerprint density at radius 2 is 2.17 bits per heavy atom. The number of nitrogens with two attached hydrogens (primary N) is 1. The fraction of sp³-hybridized carbons (Fsp3) is 0.438. The van der Waals surface area contributed by atoms with Gasteiger partial charge in [0.15, 0.2) is 5.82 Å². The number of nitrogens with zero attached hydrogens (tertiary/aromatic N) is 4. The van der Waals surface area contributed by atoms with E-state index < -0.39 is 0 Å². The van der Waals surface area contributed by atoms with E-state index in [4.69, 9.17) is 5.73 Å². The highest BCUT2D eigenvalue weighted by Crippen LogP contribution is 2.31. The van der Waals surface area contributed by atoms with Gasteiger partial charge in [0.2, 0.25) is 0 Å². The Balaban J connectivity index is 1.61. The molecule has 1 fully saturated rings. The molecule has 3 aromatic heterocycles. The summed E-state index contributed by atoms with van der Waals surface area (Å²) < 4.78 is 0. The molecule has 23 heavy (non-hydrogen) atoms. The Bertz CT molecular complexity index is 801. The van der Waals surface area contributed by atoms with Crippen molar-refractivity contribution in [1.82, 2.24) is 25.1 Å². The van der Waals surface area contributed by atoms with Gasteiger partial charge in [-0.05, 0) is 44.0 Å². The quantitative estimate of drug-likeness (QED) is 0.772. The van der Waals surface area contributed by atoms with Crippen LogP contribution in [0.2, 0.25) is 0 Å². The van der Waals surface area contributed by atoms with Gasteiger partial charge in [-0.15, -0.1) is 11.3 Å². The van der Waals surface area contributed by atoms with Crippen molar-refractivity contribution >= 4 is 27.4 Å². The molecule has 7 heteroatoms. The predicted octanol–water partition coefficient (Wildman–Crippen LogP) is 2.90. The number of piperidine rings is 1. The van der Waals surface area contributed by atoms with Gasteiger partial charge in [-0.2, -0.15) is 5.10 Å². The number of aromatic amines is 1. The summed E-state index contributed by atoms with van der Waals surface area (Å²) in [5, 5.41) is 7.79. The number of nitrogens with one attached hydrogen (secondary N) is 1. The molecule has 1 aliphatic rings. The van der Waals surface area contributed by atoms with Crippen LogP contribution in [0, 0.1) is 5.92 Å². The topological polar surface area (TPSA) is 83.7 Å². The van der Waals surface area contributed by atoms with Gasteiger partial charge in [0, 0.05) is 17.6 Å². The third-order valence-corrected chi connectivity index (χ3v) is 5.48. The van der Waals surface area contributed by atoms with Crippen molar-refractivity contribution < 1.29 is 0 Å². The molecular weight excluding hydrogens is 308 g/mol. The maximum atomic E-state index is 6.14. The van der Waals surface area contributed by atoms with Gasteiger partial charge >= 0.3 is 0 Å². The summed E-state index contributed by atoms with van der Waals surface area (Å²) in [5.74, 6) is 1.99. The molecule has 0 amide bonds. The summed E-state index contributed by atoms with van der Waals surface area (Å²) in [6, 6.07) is 3.99. The molecule has 120 valence electrons. The molecule has 0 aliphatic carbocycles. The molecule has 4 heterocycles. The zero-order valence-corrected chi connectivity index (χ0v) is 13.9. The largest absolute Gasteiger partial charge is 0.383 e. The highest BCUT2D eigenvalue weighted by molar-refractivity contribution is 7.18. The van der Waals surface area contributed by atoms with E-state index in [1.807, 2.05) is 6.07 Å². The standard InChI is InChI=1S/C16H20N6S/c1-10-3-6-22(7-4-10)9-11-8-12-14(17)19-15(20-16(12)23-11)13-2-5-18-21-13/h2,5,8,10H,3-4,6-7,9H2,1H3,(H,18,21)(H2,17,19,20). The predicted molar refractivity (Wildman–Crippen MR) is 93.1 cm³/mol. The lowest BCUT2D eigenvalue weighted by atomic mass is 9.99. The van der Waals surface area contributed by atoms with E-state index in [0.29, 0.717) is 11.6 Å². The van der Waals surface area contributed by atoms with Crippen LogP contribution in [-0.4, -0.2) is 38.2 Å². The molecule has 0 aromatic carbocycles. The van der Waals surface area contributed by atoms with Gasteiger partial charge in [0.1, 0.15) is 16.3 Å². The fourth-order valence-corrected chi connectivity index (χ4v) is 4.09. The number of H-pyrrole nitrogens is 1. The van der Waals surface area contributed by atoms with E-state index in [1.165, 1.54) is 30.8 Å². The molecule has 0 radical (unpaired) electrons. The normalized spacial score (nSPS) is 17.1. The van der Waals surface area contributed by atoms with Crippen LogP contribution in [0.15, 0.2) is 18.3 Å². The summed E-state index contributed by atoms with van der Waals surface area (Å²) in [5.41, 5.74) is 6.93. The molecule has 6 nitrogen and oxygen atoms in total. The molecule has 1 aliphatic heterocycles. The summed E-state index contributed by atoms with van der Waals surface area (Å²) in [6.45, 7) is 5.67. The lowest BCUT2D eigenvalue weighted by Crippen LogP contribution is -2.32. The molecule has 3 aromatic rings. The second-order valence-electron chi connectivity index (χ2n) is 6.29. The summed E-state index contributed by atoms with van der Waals surface area (Å²) in [4.78, 5) is 13.8. The van der Waals surface area contributed by atoms with Crippen LogP contribution in [0.3, 0.4) is 0 Å². The Morgan fingerprint density at radius 3 is 2.91 bits per heavy atom. The first-order valence-electron chi connectivity index (χ1n) is 7.97. The summed E-state index contributed by atoms with van der Waals surface area (Å²) in [7, 11) is 0. The van der Waals surface area contributed by atoms with Crippen molar-refractivity contribution in [3.63, 3.8) is 0 Å². The minimum atomic E-state index is 0.536. The number of rotatable bonds is 3. The highest BCUT2D eigenvalue weighted by Gasteiger charge is 2.18. The van der Waals surface area contributed by atoms with Gasteiger partial charge in [-0.25, -0.2) is 9.97 Å². The van der Waals surface area contributed by atoms with Gasteiger partial charge in [-0.1, -0.05) is 6.92 Å². The van der Waals surface area contributed by atoms with E-state index in [1.54, 1.807) is 17.5 Å². The van der Waals surface area contributed by atoms with Gasteiger partial charge in [0.25, 0.3) is 0 Å². The lowest BCUT2D eigenvalue weighted by molar-refractivity contribution is 0.187. The maximum Gasteiger partial charge on any atom is 0.180 e. The first kappa shape index (κ1) is 14.6. The van der Waals surface area contributed by atoms with Crippen molar-refractivity contribution in [2.75, 3.05) is 18.8 Å². The number of fused-ring (bicyclic) bond motifs is 1. The fourth-order valence-electron chi connectivity index (χ4n) is 3.01. The Hall–Kier alpha value is -1.99. The van der Waals surface area contributed by atoms with Crippen LogP contribution in [0.1, 0.15) is 24.6 Å². The van der Waals surface area contributed by atoms with Gasteiger partial charge in [-0.3, -0.25) is 10.00 Å². The van der Waals surface area contributed by atoms with Crippen LogP contribution in [0.4, 0.5) is 5.82 Å². The number of hydrogen-bond donors (Lipinski definition) is 2. The zero-order valence-electron chi connectivity index (χ0n) is 13.1. The first-order chi connectivity index (χ1) is 11.2. The van der Waals surface area contributed by atoms with E-state index >= 15 is 0 Å². The highest BCUT2D eigenvalue weighted by atomic mass is 32.1. The minimum Gasteiger partial charge on any atom is -0.383 e. The van der Waals surface area contributed by atoms with Crippen LogP contribution in [-0.2, 0) is 6.54 Å². The third-order valence-electron chi connectivity index (χ3n) is 4.47. The first-order valence-corrected chi connectivity index (χ1v) is 8.79. The summed E-state index contributed by atoms with van der Waals surface area (Å²) in [6.07, 6.45) is 4.27. The summed E-state index contributed by atoms with van der Waals surface area (Å²) >= 11 is 1.71. The van der Waals surface area contributed by atoms with E-state index in [0.717, 1.165) is 28.4 Å². The molecule has 0 atom stereocenters. The molecule has 3 N–H and O–H groups in total. The van der Waals surface area contributed by atoms with E-state index in [9.17, 15) is 0 Å². The van der Waals surface area contributed by atoms with Crippen molar-refractivity contribution in [3.05, 3.63) is 23.2 Å². The maximum absolute atomic E-state index is 6.14. The molecule has 0 bridgehead atoms. The monoisotopic (exact) mass is 328 g/mol. The molecule has 1 saturated heterocycles. The van der Waals surface area contributed by atoms with E-state index in [2.05, 4.69) is 38.1 Å². The average molecular weight is 328 g/mol. The van der Waals surface area contributed by atoms with Crippen LogP contribution in [0.25, 0.3) is 21.7 Å². The lowest BCUT2D eigenvalue weighted by Gasteiger charge is -2.29. The number of likely N-dealkylation sites (tertiary alicyclic amines) is 1. The molecule has 0 unspecified atom stereocenters. The Kier molecular flexibility index (Phi) is 3.74. The minimum absolute atomic E-state index is 0.536. The van der Waals surface area contributed by atoms with E-state index in [-0.39, 0.29) is 0 Å². The number of hydrogen-bond acceptors (Lipinski definition) is 6. The third kappa shape index (κ3) is 2.94. The average Bonchev–Trinajstić information content (AvgIpc) is 3.19. The van der Waals surface area contributed by atoms with Crippen molar-refractivity contribution in [3.8, 4) is 11.5 Å². The number of anilines is 1. The van der Waals surface area contributed by atoms with Crippen molar-refractivity contribution in [2.24, 2.45) is 5.92 Å². The zero-order chi connectivity index (χ0) is 15.8. The number of nitrogen functional groups attached to an aromatic ring is 1. The van der Waals surface area contributed by atoms with Gasteiger partial charge < -0.3 is 5.73 Å². The SMILES string of the molecule is CC1CCN(Cc2cc3c(N)nc(-c4ccn[nH]4)nc3s2)CC1. The van der Waals surface area contributed by atoms with Crippen molar-refractivity contribution in [2.45, 2.75) is 26.3 Å². The van der Waals surface area contributed by atoms with Crippen LogP contribution < -0.4 is 5.73 Å². The second-order valence-corrected chi connectivity index (χ2v) is 7.41. The van der Waals surface area contributed by atoms with Crippen molar-refractivity contribution in [1.29, 1.82) is 0 Å². The molecule has 4 rings (SSSR count). The molecule has 0 saturated carbocycles. The number of thiophene rings is 1. The van der Waals surface area contributed by atoms with Crippen LogP contribution >= 0.6 is 11.3 Å². The number of aromatic nitrogens is 4. The smallest absolute Gasteiger partial charge is 0.180 e.